The van der Waals surface area contributed by atoms with Crippen LogP contribution in [0.15, 0.2) is 36.8 Å². The van der Waals surface area contributed by atoms with Crippen LogP contribution in [-0.4, -0.2) is 9.97 Å². The normalized spacial score (nSPS) is 10.1. The number of anilines is 1. The third kappa shape index (κ3) is 2.34. The van der Waals surface area contributed by atoms with Crippen molar-refractivity contribution in [3.8, 4) is 0 Å². The fraction of sp³-hybridized carbons (Fsp3) is 0.167. The van der Waals surface area contributed by atoms with E-state index >= 15 is 0 Å². The van der Waals surface area contributed by atoms with Crippen molar-refractivity contribution in [2.75, 3.05) is 5.32 Å². The van der Waals surface area contributed by atoms with Gasteiger partial charge < -0.3 is 5.32 Å². The molecule has 0 radical (unpaired) electrons. The van der Waals surface area contributed by atoms with E-state index in [9.17, 15) is 4.39 Å². The van der Waals surface area contributed by atoms with Crippen LogP contribution < -0.4 is 5.32 Å². The van der Waals surface area contributed by atoms with E-state index < -0.39 is 0 Å². The Morgan fingerprint density at radius 1 is 1.31 bits per heavy atom. The number of benzene rings is 1. The van der Waals surface area contributed by atoms with Gasteiger partial charge in [-0.05, 0) is 19.1 Å². The van der Waals surface area contributed by atoms with Crippen molar-refractivity contribution >= 4 is 5.69 Å². The second-order valence-corrected chi connectivity index (χ2v) is 3.46. The molecule has 2 rings (SSSR count). The van der Waals surface area contributed by atoms with Crippen molar-refractivity contribution in [2.45, 2.75) is 13.5 Å². The van der Waals surface area contributed by atoms with Crippen molar-refractivity contribution in [1.29, 1.82) is 0 Å². The minimum absolute atomic E-state index is 0.204. The van der Waals surface area contributed by atoms with E-state index in [4.69, 9.17) is 0 Å². The average molecular weight is 217 g/mol. The molecule has 0 spiro atoms. The van der Waals surface area contributed by atoms with Gasteiger partial charge >= 0.3 is 0 Å². The van der Waals surface area contributed by atoms with Crippen molar-refractivity contribution in [2.24, 2.45) is 0 Å². The molecule has 1 aromatic carbocycles. The smallest absolute Gasteiger partial charge is 0.128 e. The van der Waals surface area contributed by atoms with Gasteiger partial charge in [-0.15, -0.1) is 0 Å². The van der Waals surface area contributed by atoms with Crippen LogP contribution in [0.1, 0.15) is 11.3 Å². The summed E-state index contributed by atoms with van der Waals surface area (Å²) < 4.78 is 13.2. The third-order valence-electron chi connectivity index (χ3n) is 2.34. The quantitative estimate of drug-likeness (QED) is 0.858. The third-order valence-corrected chi connectivity index (χ3v) is 2.34. The summed E-state index contributed by atoms with van der Waals surface area (Å²) in [6.07, 6.45) is 4.94. The first-order valence-corrected chi connectivity index (χ1v) is 5.01. The van der Waals surface area contributed by atoms with Gasteiger partial charge in [0.25, 0.3) is 0 Å². The van der Waals surface area contributed by atoms with Crippen LogP contribution in [0.25, 0.3) is 0 Å². The van der Waals surface area contributed by atoms with Crippen LogP contribution in [0.2, 0.25) is 0 Å². The SMILES string of the molecule is Cc1c(F)cccc1NCc1cnccn1. The highest BCUT2D eigenvalue weighted by atomic mass is 19.1. The fourth-order valence-electron chi connectivity index (χ4n) is 1.41. The van der Waals surface area contributed by atoms with Crippen LogP contribution in [0, 0.1) is 12.7 Å². The summed E-state index contributed by atoms with van der Waals surface area (Å²) >= 11 is 0. The molecule has 0 atom stereocenters. The van der Waals surface area contributed by atoms with E-state index in [0.29, 0.717) is 12.1 Å². The van der Waals surface area contributed by atoms with Gasteiger partial charge in [-0.25, -0.2) is 4.39 Å². The molecule has 1 heterocycles. The standard InChI is InChI=1S/C12H12FN3/c1-9-11(13)3-2-4-12(9)16-8-10-7-14-5-6-15-10/h2-7,16H,8H2,1H3. The predicted octanol–water partition coefficient (Wildman–Crippen LogP) is 2.54. The van der Waals surface area contributed by atoms with E-state index in [2.05, 4.69) is 15.3 Å². The summed E-state index contributed by atoms with van der Waals surface area (Å²) in [5.74, 6) is -0.204. The first-order valence-electron chi connectivity index (χ1n) is 5.01. The molecule has 0 unspecified atom stereocenters. The van der Waals surface area contributed by atoms with E-state index in [-0.39, 0.29) is 5.82 Å². The zero-order valence-electron chi connectivity index (χ0n) is 8.94. The molecule has 0 amide bonds. The Labute approximate surface area is 93.4 Å². The van der Waals surface area contributed by atoms with Crippen molar-refractivity contribution in [3.05, 3.63) is 53.9 Å². The van der Waals surface area contributed by atoms with E-state index in [1.807, 2.05) is 6.07 Å². The topological polar surface area (TPSA) is 37.8 Å². The molecule has 82 valence electrons. The molecular formula is C12H12FN3. The molecule has 1 N–H and O–H groups in total. The molecular weight excluding hydrogens is 205 g/mol. The molecule has 0 aliphatic heterocycles. The lowest BCUT2D eigenvalue weighted by Gasteiger charge is -2.09. The Hall–Kier alpha value is -1.97. The maximum absolute atomic E-state index is 13.2. The molecule has 0 fully saturated rings. The molecule has 0 bridgehead atoms. The minimum Gasteiger partial charge on any atom is -0.379 e. The Morgan fingerprint density at radius 2 is 2.19 bits per heavy atom. The summed E-state index contributed by atoms with van der Waals surface area (Å²) in [7, 11) is 0. The van der Waals surface area contributed by atoms with Gasteiger partial charge in [-0.3, -0.25) is 9.97 Å². The van der Waals surface area contributed by atoms with E-state index in [1.54, 1.807) is 31.6 Å². The Morgan fingerprint density at radius 3 is 2.94 bits per heavy atom. The second-order valence-electron chi connectivity index (χ2n) is 3.46. The second kappa shape index (κ2) is 4.70. The molecule has 4 heteroatoms. The van der Waals surface area contributed by atoms with Crippen molar-refractivity contribution in [3.63, 3.8) is 0 Å². The predicted molar refractivity (Wildman–Crippen MR) is 60.5 cm³/mol. The summed E-state index contributed by atoms with van der Waals surface area (Å²) in [6, 6.07) is 4.97. The monoisotopic (exact) mass is 217 g/mol. The zero-order chi connectivity index (χ0) is 11.4. The summed E-state index contributed by atoms with van der Waals surface area (Å²) in [4.78, 5) is 8.09. The molecule has 0 aliphatic carbocycles. The first-order chi connectivity index (χ1) is 7.77. The lowest BCUT2D eigenvalue weighted by Crippen LogP contribution is -2.03. The number of aromatic nitrogens is 2. The lowest BCUT2D eigenvalue weighted by molar-refractivity contribution is 0.619. The van der Waals surface area contributed by atoms with Gasteiger partial charge in [0.05, 0.1) is 18.4 Å². The summed E-state index contributed by atoms with van der Waals surface area (Å²) in [6.45, 7) is 2.28. The fourth-order valence-corrected chi connectivity index (χ4v) is 1.41. The van der Waals surface area contributed by atoms with Gasteiger partial charge in [-0.1, -0.05) is 6.07 Å². The van der Waals surface area contributed by atoms with Crippen LogP contribution in [0.3, 0.4) is 0 Å². The van der Waals surface area contributed by atoms with Gasteiger partial charge in [-0.2, -0.15) is 0 Å². The van der Waals surface area contributed by atoms with E-state index in [1.165, 1.54) is 6.07 Å². The molecule has 0 saturated carbocycles. The van der Waals surface area contributed by atoms with Crippen LogP contribution in [0.5, 0.6) is 0 Å². The first kappa shape index (κ1) is 10.5. The van der Waals surface area contributed by atoms with Crippen LogP contribution >= 0.6 is 0 Å². The molecule has 1 aromatic heterocycles. The average Bonchev–Trinajstić information content (AvgIpc) is 2.32. The number of hydrogen-bond donors (Lipinski definition) is 1. The van der Waals surface area contributed by atoms with E-state index in [0.717, 1.165) is 11.4 Å². The van der Waals surface area contributed by atoms with Gasteiger partial charge in [0, 0.05) is 23.6 Å². The Kier molecular flexibility index (Phi) is 3.10. The highest BCUT2D eigenvalue weighted by Gasteiger charge is 2.02. The van der Waals surface area contributed by atoms with Gasteiger partial charge in [0.2, 0.25) is 0 Å². The number of hydrogen-bond acceptors (Lipinski definition) is 3. The maximum atomic E-state index is 13.2. The van der Waals surface area contributed by atoms with Crippen molar-refractivity contribution in [1.82, 2.24) is 9.97 Å². The lowest BCUT2D eigenvalue weighted by atomic mass is 10.2. The van der Waals surface area contributed by atoms with Crippen molar-refractivity contribution < 1.29 is 4.39 Å². The number of halogens is 1. The zero-order valence-corrected chi connectivity index (χ0v) is 8.94. The van der Waals surface area contributed by atoms with Gasteiger partial charge in [0.1, 0.15) is 5.82 Å². The Bertz CT molecular complexity index is 471. The molecule has 0 aliphatic rings. The summed E-state index contributed by atoms with van der Waals surface area (Å²) in [5.41, 5.74) is 2.23. The number of rotatable bonds is 3. The molecule has 3 nitrogen and oxygen atoms in total. The van der Waals surface area contributed by atoms with Crippen LogP contribution in [-0.2, 0) is 6.54 Å². The summed E-state index contributed by atoms with van der Waals surface area (Å²) in [5, 5.41) is 3.13. The largest absolute Gasteiger partial charge is 0.379 e. The number of nitrogens with zero attached hydrogens (tertiary/aromatic N) is 2. The highest BCUT2D eigenvalue weighted by Crippen LogP contribution is 2.17. The molecule has 16 heavy (non-hydrogen) atoms. The highest BCUT2D eigenvalue weighted by molar-refractivity contribution is 5.50. The van der Waals surface area contributed by atoms with Gasteiger partial charge in [0.15, 0.2) is 0 Å². The minimum atomic E-state index is -0.204. The maximum Gasteiger partial charge on any atom is 0.128 e. The van der Waals surface area contributed by atoms with Crippen LogP contribution in [0.4, 0.5) is 10.1 Å². The number of nitrogens with one attached hydrogen (secondary N) is 1. The molecule has 2 aromatic rings. The Balaban J connectivity index is 2.08. The molecule has 0 saturated heterocycles.